The van der Waals surface area contributed by atoms with E-state index in [1.54, 1.807) is 18.2 Å². The number of para-hydroxylation sites is 1. The second-order valence-corrected chi connectivity index (χ2v) is 7.23. The molecule has 1 fully saturated rings. The van der Waals surface area contributed by atoms with Crippen LogP contribution in [0.25, 0.3) is 11.7 Å². The molecule has 3 aromatic rings. The minimum Gasteiger partial charge on any atom is -0.459 e. The van der Waals surface area contributed by atoms with E-state index in [9.17, 15) is 4.79 Å². The van der Waals surface area contributed by atoms with Gasteiger partial charge in [0.15, 0.2) is 5.76 Å². The zero-order valence-electron chi connectivity index (χ0n) is 18.8. The van der Waals surface area contributed by atoms with Crippen LogP contribution in [-0.2, 0) is 11.3 Å². The fraction of sp³-hybridized carbons (Fsp3) is 0.217. The molecule has 0 radical (unpaired) electrons. The highest BCUT2D eigenvalue weighted by molar-refractivity contribution is 5.90. The van der Waals surface area contributed by atoms with Gasteiger partial charge < -0.3 is 34.3 Å². The molecule has 0 spiro atoms. The fourth-order valence-electron chi connectivity index (χ4n) is 3.15. The van der Waals surface area contributed by atoms with Gasteiger partial charge in [-0.3, -0.25) is 5.32 Å². The van der Waals surface area contributed by atoms with Gasteiger partial charge in [0.2, 0.25) is 5.90 Å². The van der Waals surface area contributed by atoms with E-state index in [1.807, 2.05) is 23.1 Å². The molecular weight excluding hydrogens is 454 g/mol. The van der Waals surface area contributed by atoms with E-state index in [4.69, 9.17) is 24.0 Å². The number of urea groups is 1. The lowest BCUT2D eigenvalue weighted by molar-refractivity contribution is 0.0533. The summed E-state index contributed by atoms with van der Waals surface area (Å²) in [4.78, 5) is 18.8. The Labute approximate surface area is 201 Å². The largest absolute Gasteiger partial charge is 0.459 e. The van der Waals surface area contributed by atoms with Crippen molar-refractivity contribution in [1.29, 1.82) is 0 Å². The van der Waals surface area contributed by atoms with Crippen molar-refractivity contribution in [1.82, 2.24) is 20.4 Å². The average molecular weight is 479 g/mol. The Morgan fingerprint density at radius 3 is 2.83 bits per heavy atom. The van der Waals surface area contributed by atoms with Gasteiger partial charge in [-0.2, -0.15) is 4.99 Å². The van der Waals surface area contributed by atoms with Gasteiger partial charge in [0.05, 0.1) is 19.5 Å². The van der Waals surface area contributed by atoms with Crippen molar-refractivity contribution in [3.63, 3.8) is 0 Å². The van der Waals surface area contributed by atoms with Crippen LogP contribution in [0.3, 0.4) is 0 Å². The predicted molar refractivity (Wildman–Crippen MR) is 127 cm³/mol. The van der Waals surface area contributed by atoms with Crippen molar-refractivity contribution in [3.05, 3.63) is 72.9 Å². The van der Waals surface area contributed by atoms with E-state index < -0.39 is 6.03 Å². The van der Waals surface area contributed by atoms with Crippen molar-refractivity contribution in [2.45, 2.75) is 6.54 Å². The second kappa shape index (κ2) is 11.5. The van der Waals surface area contributed by atoms with Gasteiger partial charge in [0.25, 0.3) is 5.89 Å². The summed E-state index contributed by atoms with van der Waals surface area (Å²) in [5.41, 5.74) is 6.29. The normalized spacial score (nSPS) is 14.2. The van der Waals surface area contributed by atoms with Crippen LogP contribution in [-0.4, -0.2) is 53.3 Å². The molecule has 12 heteroatoms. The second-order valence-electron chi connectivity index (χ2n) is 7.23. The molecule has 1 aliphatic rings. The number of morpholine rings is 1. The number of carbonyl (C=O) groups excluding carboxylic acids is 1. The lowest BCUT2D eigenvalue weighted by Crippen LogP contribution is -2.35. The minimum atomic E-state index is -0.536. The van der Waals surface area contributed by atoms with Crippen LogP contribution in [0.15, 0.2) is 81.2 Å². The summed E-state index contributed by atoms with van der Waals surface area (Å²) in [6, 6.07) is 9.98. The molecule has 12 nitrogen and oxygen atoms in total. The fourth-order valence-corrected chi connectivity index (χ4v) is 3.15. The van der Waals surface area contributed by atoms with Crippen LogP contribution in [0.2, 0.25) is 0 Å². The molecule has 1 aliphatic heterocycles. The zero-order valence-corrected chi connectivity index (χ0v) is 18.8. The summed E-state index contributed by atoms with van der Waals surface area (Å²) in [7, 11) is 0. The van der Waals surface area contributed by atoms with Gasteiger partial charge in [-0.05, 0) is 24.4 Å². The Kier molecular flexibility index (Phi) is 7.76. The quantitative estimate of drug-likeness (QED) is 0.327. The Bertz CT molecular complexity index is 1200. The van der Waals surface area contributed by atoms with Crippen molar-refractivity contribution in [2.75, 3.05) is 31.6 Å². The third-order valence-corrected chi connectivity index (χ3v) is 4.86. The first-order valence-electron chi connectivity index (χ1n) is 10.8. The van der Waals surface area contributed by atoms with Gasteiger partial charge in [-0.1, -0.05) is 29.9 Å². The molecule has 1 aromatic carbocycles. The van der Waals surface area contributed by atoms with E-state index in [1.165, 1.54) is 18.5 Å². The first-order valence-corrected chi connectivity index (χ1v) is 10.8. The number of anilines is 1. The zero-order chi connectivity index (χ0) is 24.5. The average Bonchev–Trinajstić information content (AvgIpc) is 3.56. The number of hydrogen-bond acceptors (Lipinski definition) is 10. The lowest BCUT2D eigenvalue weighted by atomic mass is 10.2. The van der Waals surface area contributed by atoms with E-state index in [2.05, 4.69) is 32.4 Å². The number of aliphatic imine (C=N–C) groups is 1. The van der Waals surface area contributed by atoms with Gasteiger partial charge in [-0.25, -0.2) is 4.79 Å². The maximum atomic E-state index is 12.3. The minimum absolute atomic E-state index is 0.0671. The summed E-state index contributed by atoms with van der Waals surface area (Å²) in [5.74, 6) is 1.86. The summed E-state index contributed by atoms with van der Waals surface area (Å²) >= 11 is 0. The molecule has 182 valence electrons. The maximum absolute atomic E-state index is 12.3. The molecule has 3 heterocycles. The number of rotatable bonds is 8. The number of furan rings is 1. The van der Waals surface area contributed by atoms with E-state index in [-0.39, 0.29) is 24.3 Å². The van der Waals surface area contributed by atoms with Gasteiger partial charge in [0.1, 0.15) is 11.6 Å². The summed E-state index contributed by atoms with van der Waals surface area (Å²) < 4.78 is 21.9. The predicted octanol–water partition coefficient (Wildman–Crippen LogP) is 2.70. The first-order chi connectivity index (χ1) is 17.1. The molecule has 0 bridgehead atoms. The number of aromatic nitrogens is 2. The van der Waals surface area contributed by atoms with Crippen LogP contribution < -0.4 is 21.1 Å². The van der Waals surface area contributed by atoms with Crippen molar-refractivity contribution in [2.24, 2.45) is 10.7 Å². The van der Waals surface area contributed by atoms with Crippen LogP contribution in [0.1, 0.15) is 5.56 Å². The summed E-state index contributed by atoms with van der Waals surface area (Å²) in [6.07, 6.45) is 4.35. The highest BCUT2D eigenvalue weighted by atomic mass is 16.5. The maximum Gasteiger partial charge on any atom is 0.324 e. The van der Waals surface area contributed by atoms with Gasteiger partial charge in [0, 0.05) is 31.3 Å². The number of carbonyl (C=O) groups is 1. The Morgan fingerprint density at radius 2 is 2.06 bits per heavy atom. The number of amides is 2. The Morgan fingerprint density at radius 1 is 1.23 bits per heavy atom. The van der Waals surface area contributed by atoms with Crippen molar-refractivity contribution in [3.8, 4) is 17.4 Å². The molecule has 0 atom stereocenters. The van der Waals surface area contributed by atoms with Crippen LogP contribution >= 0.6 is 0 Å². The number of hydrogen-bond donors (Lipinski definition) is 3. The highest BCUT2D eigenvalue weighted by Crippen LogP contribution is 2.21. The topological polar surface area (TPSA) is 153 Å². The molecule has 4 rings (SSSR count). The molecule has 2 aromatic heterocycles. The number of nitrogens with one attached hydrogen (secondary N) is 2. The monoisotopic (exact) mass is 479 g/mol. The molecular formula is C23H25N7O5. The Hall–Kier alpha value is -4.58. The van der Waals surface area contributed by atoms with Crippen LogP contribution in [0, 0.1) is 0 Å². The Balaban J connectivity index is 1.37. The summed E-state index contributed by atoms with van der Waals surface area (Å²) in [6.45, 7) is 6.79. The van der Waals surface area contributed by atoms with Crippen LogP contribution in [0.4, 0.5) is 10.8 Å². The van der Waals surface area contributed by atoms with Crippen molar-refractivity contribution < 1.29 is 23.1 Å². The molecule has 4 N–H and O–H groups in total. The van der Waals surface area contributed by atoms with Gasteiger partial charge >= 0.3 is 12.0 Å². The number of benzene rings is 1. The smallest absolute Gasteiger partial charge is 0.324 e. The molecule has 0 aliphatic carbocycles. The molecule has 0 saturated carbocycles. The SMILES string of the molecule is C=C(/N=C(\C=C/N)Oc1ccccc1CNC(=O)Nc1nnc(-c2ccco2)o1)N1CCOCC1. The molecule has 35 heavy (non-hydrogen) atoms. The van der Waals surface area contributed by atoms with Crippen molar-refractivity contribution >= 4 is 17.9 Å². The van der Waals surface area contributed by atoms with Gasteiger partial charge in [-0.15, -0.1) is 5.10 Å². The standard InChI is InChI=1S/C23H25N7O5/c1-16(30-10-13-32-14-11-30)26-20(8-9-24)34-18-6-3-2-5-17(18)15-25-22(31)27-23-29-28-21(35-23)19-7-4-12-33-19/h2-9,12H,1,10-11,13-15,24H2,(H2,25,27,29,31)/b9-8-,26-20+. The lowest BCUT2D eigenvalue weighted by Gasteiger charge is -2.28. The molecule has 2 amide bonds. The highest BCUT2D eigenvalue weighted by Gasteiger charge is 2.15. The first kappa shape index (κ1) is 23.6. The number of ether oxygens (including phenoxy) is 2. The van der Waals surface area contributed by atoms with Crippen LogP contribution in [0.5, 0.6) is 5.75 Å². The van der Waals surface area contributed by atoms with E-state index >= 15 is 0 Å². The third kappa shape index (κ3) is 6.48. The van der Waals surface area contributed by atoms with E-state index in [0.717, 1.165) is 0 Å². The number of nitrogens with two attached hydrogens (primary N) is 1. The van der Waals surface area contributed by atoms with E-state index in [0.29, 0.717) is 49.2 Å². The summed E-state index contributed by atoms with van der Waals surface area (Å²) in [5, 5.41) is 12.8. The molecule has 0 unspecified atom stereocenters. The number of nitrogens with zero attached hydrogens (tertiary/aromatic N) is 4. The third-order valence-electron chi connectivity index (χ3n) is 4.86. The molecule has 1 saturated heterocycles.